The van der Waals surface area contributed by atoms with Gasteiger partial charge in [-0.2, -0.15) is 0 Å². The van der Waals surface area contributed by atoms with Crippen LogP contribution in [0.3, 0.4) is 0 Å². The number of carbonyl (C=O) groups excluding carboxylic acids is 5. The van der Waals surface area contributed by atoms with Crippen molar-refractivity contribution in [2.24, 2.45) is 23.2 Å². The number of nitrogens with one attached hydrogen (secondary N) is 1. The van der Waals surface area contributed by atoms with Crippen LogP contribution in [0.25, 0.3) is 0 Å². The molecule has 208 valence electrons. The Morgan fingerprint density at radius 2 is 1.80 bits per heavy atom. The van der Waals surface area contributed by atoms with Crippen molar-refractivity contribution in [3.63, 3.8) is 0 Å². The van der Waals surface area contributed by atoms with E-state index in [1.807, 2.05) is 5.38 Å². The Hall–Kier alpha value is -3.05. The lowest BCUT2D eigenvalue weighted by molar-refractivity contribution is -0.173. The molecule has 0 spiro atoms. The Bertz CT molecular complexity index is 1420. The Balaban J connectivity index is 0.990. The zero-order valence-corrected chi connectivity index (χ0v) is 23.5. The third-order valence-electron chi connectivity index (χ3n) is 9.20. The first-order valence-electron chi connectivity index (χ1n) is 13.9. The summed E-state index contributed by atoms with van der Waals surface area (Å²) in [6, 6.07) is 4.09. The van der Waals surface area contributed by atoms with Crippen LogP contribution in [0.15, 0.2) is 28.5 Å². The van der Waals surface area contributed by atoms with Gasteiger partial charge >= 0.3 is 5.97 Å². The number of amides is 4. The second-order valence-corrected chi connectivity index (χ2v) is 13.9. The predicted octanol–water partition coefficient (Wildman–Crippen LogP) is 4.10. The quantitative estimate of drug-likeness (QED) is 0.296. The lowest BCUT2D eigenvalue weighted by Crippen LogP contribution is -2.54. The molecule has 1 aromatic heterocycles. The van der Waals surface area contributed by atoms with Crippen LogP contribution in [0.2, 0.25) is 0 Å². The molecule has 3 heterocycles. The van der Waals surface area contributed by atoms with Crippen molar-refractivity contribution >= 4 is 52.7 Å². The Morgan fingerprint density at radius 3 is 2.50 bits per heavy atom. The molecule has 11 heteroatoms. The molecule has 4 saturated carbocycles. The fraction of sp³-hybridized carbons (Fsp3) is 0.517. The van der Waals surface area contributed by atoms with Crippen LogP contribution >= 0.6 is 23.1 Å². The van der Waals surface area contributed by atoms with E-state index in [1.165, 1.54) is 42.4 Å². The molecular formula is C29H29N3O6S2. The molecule has 4 bridgehead atoms. The minimum atomic E-state index is -0.995. The normalized spacial score (nSPS) is 30.6. The summed E-state index contributed by atoms with van der Waals surface area (Å²) in [5, 5.41) is 4.88. The van der Waals surface area contributed by atoms with E-state index in [-0.39, 0.29) is 42.0 Å². The molecule has 6 aliphatic rings. The number of rotatable bonds is 7. The number of thioether (sulfide) groups is 1. The van der Waals surface area contributed by atoms with E-state index < -0.39 is 29.7 Å². The monoisotopic (exact) mass is 579 g/mol. The lowest BCUT2D eigenvalue weighted by atomic mass is 9.49. The van der Waals surface area contributed by atoms with Gasteiger partial charge in [-0.15, -0.1) is 23.1 Å². The van der Waals surface area contributed by atoms with Crippen LogP contribution in [-0.2, 0) is 31.5 Å². The summed E-state index contributed by atoms with van der Waals surface area (Å²) < 4.78 is 5.82. The number of fused-ring (bicyclic) bond motifs is 1. The Kier molecular flexibility index (Phi) is 6.34. The molecule has 4 aliphatic carbocycles. The maximum Gasteiger partial charge on any atom is 0.312 e. The maximum atomic E-state index is 13.3. The number of hydrogen-bond donors (Lipinski definition) is 1. The highest BCUT2D eigenvalue weighted by molar-refractivity contribution is 7.98. The van der Waals surface area contributed by atoms with Gasteiger partial charge in [0.1, 0.15) is 17.7 Å². The lowest BCUT2D eigenvalue weighted by Gasteiger charge is -2.55. The van der Waals surface area contributed by atoms with Crippen LogP contribution in [0.5, 0.6) is 0 Å². The molecule has 8 rings (SSSR count). The van der Waals surface area contributed by atoms with Crippen LogP contribution in [-0.4, -0.2) is 45.5 Å². The zero-order chi connectivity index (χ0) is 27.6. The summed E-state index contributed by atoms with van der Waals surface area (Å²) in [4.78, 5) is 69.7. The Labute approximate surface area is 239 Å². The molecule has 0 radical (unpaired) electrons. The smallest absolute Gasteiger partial charge is 0.312 e. The first-order chi connectivity index (χ1) is 19.3. The van der Waals surface area contributed by atoms with E-state index in [4.69, 9.17) is 4.74 Å². The second-order valence-electron chi connectivity index (χ2n) is 11.9. The third-order valence-corrected chi connectivity index (χ3v) is 11.2. The van der Waals surface area contributed by atoms with Crippen molar-refractivity contribution in [2.45, 2.75) is 74.7 Å². The van der Waals surface area contributed by atoms with E-state index in [2.05, 4.69) is 10.3 Å². The molecule has 2 aliphatic heterocycles. The summed E-state index contributed by atoms with van der Waals surface area (Å²) in [6.07, 6.45) is 6.95. The number of aromatic nitrogens is 1. The molecule has 4 amide bonds. The average molecular weight is 580 g/mol. The van der Waals surface area contributed by atoms with Crippen LogP contribution < -0.4 is 5.32 Å². The summed E-state index contributed by atoms with van der Waals surface area (Å²) in [7, 11) is 0. The number of piperidine rings is 1. The van der Waals surface area contributed by atoms with Gasteiger partial charge in [-0.25, -0.2) is 4.98 Å². The van der Waals surface area contributed by atoms with Crippen molar-refractivity contribution in [1.82, 2.24) is 15.2 Å². The highest BCUT2D eigenvalue weighted by Crippen LogP contribution is 2.60. The molecule has 1 aromatic carbocycles. The van der Waals surface area contributed by atoms with Gasteiger partial charge in [-0.05, 0) is 74.8 Å². The van der Waals surface area contributed by atoms with E-state index in [0.29, 0.717) is 28.4 Å². The van der Waals surface area contributed by atoms with Crippen molar-refractivity contribution in [3.8, 4) is 0 Å². The molecule has 40 heavy (non-hydrogen) atoms. The first-order valence-corrected chi connectivity index (χ1v) is 15.7. The number of esters is 1. The van der Waals surface area contributed by atoms with Gasteiger partial charge in [-0.3, -0.25) is 34.2 Å². The van der Waals surface area contributed by atoms with E-state index in [9.17, 15) is 24.0 Å². The first kappa shape index (κ1) is 25.9. The number of hydrogen-bond acceptors (Lipinski definition) is 9. The maximum absolute atomic E-state index is 13.3. The fourth-order valence-electron chi connectivity index (χ4n) is 7.88. The predicted molar refractivity (Wildman–Crippen MR) is 145 cm³/mol. The molecular weight excluding hydrogens is 550 g/mol. The van der Waals surface area contributed by atoms with Gasteiger partial charge in [-0.1, -0.05) is 6.07 Å². The summed E-state index contributed by atoms with van der Waals surface area (Å²) in [5.74, 6) is 0.386. The van der Waals surface area contributed by atoms with Gasteiger partial charge in [0.25, 0.3) is 11.8 Å². The third kappa shape index (κ3) is 4.38. The Morgan fingerprint density at radius 1 is 1.07 bits per heavy atom. The van der Waals surface area contributed by atoms with Crippen molar-refractivity contribution < 1.29 is 28.7 Å². The number of imide groups is 2. The van der Waals surface area contributed by atoms with Crippen molar-refractivity contribution in [2.75, 3.05) is 0 Å². The van der Waals surface area contributed by atoms with E-state index >= 15 is 0 Å². The number of thiazole rings is 1. The summed E-state index contributed by atoms with van der Waals surface area (Å²) in [5.41, 5.74) is 1.05. The van der Waals surface area contributed by atoms with Gasteiger partial charge in [0.15, 0.2) is 0 Å². The molecule has 2 aromatic rings. The van der Waals surface area contributed by atoms with Crippen LogP contribution in [0.1, 0.15) is 82.8 Å². The molecule has 1 atom stereocenters. The highest BCUT2D eigenvalue weighted by Gasteiger charge is 2.55. The molecule has 1 saturated heterocycles. The summed E-state index contributed by atoms with van der Waals surface area (Å²) in [6.45, 7) is 0.171. The van der Waals surface area contributed by atoms with Crippen molar-refractivity contribution in [3.05, 3.63) is 45.4 Å². The fourth-order valence-corrected chi connectivity index (χ4v) is 9.66. The number of carbonyl (C=O) groups is 5. The average Bonchev–Trinajstić information content (AvgIpc) is 3.48. The van der Waals surface area contributed by atoms with Gasteiger partial charge in [0, 0.05) is 22.4 Å². The minimum Gasteiger partial charge on any atom is -0.458 e. The van der Waals surface area contributed by atoms with Gasteiger partial charge < -0.3 is 4.74 Å². The largest absolute Gasteiger partial charge is 0.458 e. The van der Waals surface area contributed by atoms with Gasteiger partial charge in [0.05, 0.1) is 22.2 Å². The SMILES string of the molecule is O=C1CCC(N2C(=O)c3cccc(SCc4csc(COC(=O)C56CC7CC(CC(C7)C5)C6)n4)c3C2=O)C(=O)N1. The molecule has 1 unspecified atom stereocenters. The van der Waals surface area contributed by atoms with E-state index in [1.54, 1.807) is 18.2 Å². The van der Waals surface area contributed by atoms with Crippen molar-refractivity contribution in [1.29, 1.82) is 0 Å². The topological polar surface area (TPSA) is 123 Å². The highest BCUT2D eigenvalue weighted by atomic mass is 32.2. The van der Waals surface area contributed by atoms with Crippen LogP contribution in [0, 0.1) is 23.2 Å². The second kappa shape index (κ2) is 9.80. The standard InChI is InChI=1S/C29H29N3O6S2/c33-22-5-4-20(25(34)31-22)32-26(35)19-2-1-3-21(24(19)27(32)36)39-13-18-14-40-23(30-18)12-38-28(37)29-9-15-6-16(10-29)8-17(7-15)11-29/h1-3,14-17,20H,4-13H2,(H,31,33,34). The number of benzene rings is 1. The minimum absolute atomic E-state index is 0.0543. The molecule has 5 fully saturated rings. The molecule has 1 N–H and O–H groups in total. The van der Waals surface area contributed by atoms with E-state index in [0.717, 1.165) is 34.9 Å². The summed E-state index contributed by atoms with van der Waals surface area (Å²) >= 11 is 2.84. The van der Waals surface area contributed by atoms with Crippen LogP contribution in [0.4, 0.5) is 0 Å². The number of nitrogens with zero attached hydrogens (tertiary/aromatic N) is 2. The van der Waals surface area contributed by atoms with Gasteiger partial charge in [0.2, 0.25) is 11.8 Å². The molecule has 9 nitrogen and oxygen atoms in total. The zero-order valence-electron chi connectivity index (χ0n) is 21.9. The number of ether oxygens (including phenoxy) is 1.